The Labute approximate surface area is 111 Å². The number of hydrogen-bond donors (Lipinski definition) is 1. The van der Waals surface area contributed by atoms with Crippen LogP contribution in [-0.4, -0.2) is 16.3 Å². The van der Waals surface area contributed by atoms with E-state index in [9.17, 15) is 9.18 Å². The van der Waals surface area contributed by atoms with Crippen molar-refractivity contribution in [3.63, 3.8) is 0 Å². The first-order chi connectivity index (χ1) is 8.66. The van der Waals surface area contributed by atoms with Crippen molar-refractivity contribution in [2.75, 3.05) is 0 Å². The molecule has 1 aromatic carbocycles. The van der Waals surface area contributed by atoms with Gasteiger partial charge in [0.2, 0.25) is 0 Å². The number of benzene rings is 1. The molecule has 0 aromatic heterocycles. The van der Waals surface area contributed by atoms with Crippen molar-refractivity contribution < 1.29 is 14.3 Å². The summed E-state index contributed by atoms with van der Waals surface area (Å²) in [7, 11) is 0. The topological polar surface area (TPSA) is 37.3 Å². The fourth-order valence-corrected chi connectivity index (χ4v) is 3.55. The molecule has 4 heteroatoms. The average molecular weight is 268 g/mol. The van der Waals surface area contributed by atoms with Gasteiger partial charge in [0, 0.05) is 11.0 Å². The first-order valence-electron chi connectivity index (χ1n) is 6.30. The minimum absolute atomic E-state index is 0.225. The maximum Gasteiger partial charge on any atom is 0.338 e. The summed E-state index contributed by atoms with van der Waals surface area (Å²) in [5.74, 6) is -1.09. The van der Waals surface area contributed by atoms with E-state index in [1.165, 1.54) is 44.2 Å². The van der Waals surface area contributed by atoms with Crippen molar-refractivity contribution >= 4 is 17.7 Å². The standard InChI is InChI=1S/C14H17FO2S/c15-13-7-6-10(8-12(13)14(16)17)9-18-11-4-2-1-3-5-11/h6-8,11H,1-5,9H2,(H,16,17). The van der Waals surface area contributed by atoms with Gasteiger partial charge in [-0.2, -0.15) is 11.8 Å². The van der Waals surface area contributed by atoms with Gasteiger partial charge in [0.25, 0.3) is 0 Å². The molecule has 0 heterocycles. The van der Waals surface area contributed by atoms with Crippen LogP contribution < -0.4 is 0 Å². The Hall–Kier alpha value is -1.03. The molecule has 18 heavy (non-hydrogen) atoms. The second-order valence-corrected chi connectivity index (χ2v) is 5.98. The smallest absolute Gasteiger partial charge is 0.338 e. The van der Waals surface area contributed by atoms with Crippen LogP contribution in [0.5, 0.6) is 0 Å². The highest BCUT2D eigenvalue weighted by molar-refractivity contribution is 7.99. The maximum atomic E-state index is 13.2. The van der Waals surface area contributed by atoms with Gasteiger partial charge < -0.3 is 5.11 Å². The van der Waals surface area contributed by atoms with Gasteiger partial charge in [0.15, 0.2) is 0 Å². The number of carboxylic acids is 1. The Morgan fingerprint density at radius 1 is 1.33 bits per heavy atom. The minimum Gasteiger partial charge on any atom is -0.478 e. The lowest BCUT2D eigenvalue weighted by molar-refractivity contribution is 0.0692. The van der Waals surface area contributed by atoms with Crippen LogP contribution in [0.2, 0.25) is 0 Å². The van der Waals surface area contributed by atoms with Crippen LogP contribution >= 0.6 is 11.8 Å². The Morgan fingerprint density at radius 3 is 2.72 bits per heavy atom. The highest BCUT2D eigenvalue weighted by Gasteiger charge is 2.15. The summed E-state index contributed by atoms with van der Waals surface area (Å²) in [6, 6.07) is 4.38. The zero-order valence-corrected chi connectivity index (χ0v) is 11.0. The van der Waals surface area contributed by atoms with E-state index in [2.05, 4.69) is 0 Å². The van der Waals surface area contributed by atoms with Crippen LogP contribution in [0.4, 0.5) is 4.39 Å². The Kier molecular flexibility index (Phi) is 4.64. The molecular formula is C14H17FO2S. The van der Waals surface area contributed by atoms with E-state index in [0.717, 1.165) is 11.3 Å². The van der Waals surface area contributed by atoms with E-state index in [1.807, 2.05) is 11.8 Å². The molecule has 0 amide bonds. The van der Waals surface area contributed by atoms with Gasteiger partial charge in [0.1, 0.15) is 5.82 Å². The van der Waals surface area contributed by atoms with E-state index >= 15 is 0 Å². The Morgan fingerprint density at radius 2 is 2.06 bits per heavy atom. The van der Waals surface area contributed by atoms with Crippen molar-refractivity contribution in [1.82, 2.24) is 0 Å². The summed E-state index contributed by atoms with van der Waals surface area (Å²) in [5.41, 5.74) is 0.668. The Bertz CT molecular complexity index is 428. The second-order valence-electron chi connectivity index (χ2n) is 4.69. The van der Waals surface area contributed by atoms with E-state index in [-0.39, 0.29) is 5.56 Å². The quantitative estimate of drug-likeness (QED) is 0.893. The summed E-state index contributed by atoms with van der Waals surface area (Å²) < 4.78 is 13.2. The number of carbonyl (C=O) groups is 1. The number of carboxylic acid groups (broad SMARTS) is 1. The van der Waals surface area contributed by atoms with Crippen molar-refractivity contribution in [1.29, 1.82) is 0 Å². The van der Waals surface area contributed by atoms with Crippen molar-refractivity contribution in [2.24, 2.45) is 0 Å². The highest BCUT2D eigenvalue weighted by atomic mass is 32.2. The average Bonchev–Trinajstić information content (AvgIpc) is 2.38. The van der Waals surface area contributed by atoms with E-state index < -0.39 is 11.8 Å². The first kappa shape index (κ1) is 13.4. The molecule has 2 nitrogen and oxygen atoms in total. The van der Waals surface area contributed by atoms with Gasteiger partial charge in [-0.15, -0.1) is 0 Å². The monoisotopic (exact) mass is 268 g/mol. The van der Waals surface area contributed by atoms with Gasteiger partial charge in [-0.3, -0.25) is 0 Å². The lowest BCUT2D eigenvalue weighted by Gasteiger charge is -2.20. The van der Waals surface area contributed by atoms with Gasteiger partial charge >= 0.3 is 5.97 Å². The molecule has 2 rings (SSSR count). The summed E-state index contributed by atoms with van der Waals surface area (Å²) >= 11 is 1.86. The molecule has 0 bridgehead atoms. The predicted molar refractivity (Wildman–Crippen MR) is 71.5 cm³/mol. The largest absolute Gasteiger partial charge is 0.478 e. The number of rotatable bonds is 4. The lowest BCUT2D eigenvalue weighted by Crippen LogP contribution is -2.08. The normalized spacial score (nSPS) is 16.7. The fourth-order valence-electron chi connectivity index (χ4n) is 2.27. The molecule has 0 aliphatic heterocycles. The molecule has 1 fully saturated rings. The lowest BCUT2D eigenvalue weighted by atomic mass is 10.0. The van der Waals surface area contributed by atoms with Crippen molar-refractivity contribution in [3.05, 3.63) is 35.1 Å². The van der Waals surface area contributed by atoms with Crippen LogP contribution in [0.25, 0.3) is 0 Å². The molecule has 0 spiro atoms. The summed E-state index contributed by atoms with van der Waals surface area (Å²) in [5, 5.41) is 9.54. The number of hydrogen-bond acceptors (Lipinski definition) is 2. The summed E-state index contributed by atoms with van der Waals surface area (Å²) in [4.78, 5) is 10.8. The molecule has 0 radical (unpaired) electrons. The van der Waals surface area contributed by atoms with E-state index in [1.54, 1.807) is 6.07 Å². The van der Waals surface area contributed by atoms with Crippen LogP contribution in [0, 0.1) is 5.82 Å². The first-order valence-corrected chi connectivity index (χ1v) is 7.35. The zero-order valence-electron chi connectivity index (χ0n) is 10.2. The molecule has 1 N–H and O–H groups in total. The van der Waals surface area contributed by atoms with Gasteiger partial charge in [-0.1, -0.05) is 25.3 Å². The molecule has 0 unspecified atom stereocenters. The SMILES string of the molecule is O=C(O)c1cc(CSC2CCCCC2)ccc1F. The third-order valence-corrected chi connectivity index (χ3v) is 4.74. The van der Waals surface area contributed by atoms with Crippen LogP contribution in [0.15, 0.2) is 18.2 Å². The van der Waals surface area contributed by atoms with Gasteiger partial charge in [-0.05, 0) is 30.5 Å². The van der Waals surface area contributed by atoms with Crippen LogP contribution in [0.3, 0.4) is 0 Å². The van der Waals surface area contributed by atoms with E-state index in [0.29, 0.717) is 5.25 Å². The highest BCUT2D eigenvalue weighted by Crippen LogP contribution is 2.30. The molecule has 0 atom stereocenters. The minimum atomic E-state index is -1.20. The van der Waals surface area contributed by atoms with Crippen LogP contribution in [0.1, 0.15) is 48.0 Å². The van der Waals surface area contributed by atoms with Crippen molar-refractivity contribution in [2.45, 2.75) is 43.1 Å². The summed E-state index contributed by atoms with van der Waals surface area (Å²) in [6.45, 7) is 0. The maximum absolute atomic E-state index is 13.2. The number of halogens is 1. The Balaban J connectivity index is 1.96. The summed E-state index contributed by atoms with van der Waals surface area (Å²) in [6.07, 6.45) is 6.41. The number of thioether (sulfide) groups is 1. The van der Waals surface area contributed by atoms with Gasteiger partial charge in [0.05, 0.1) is 5.56 Å². The zero-order chi connectivity index (χ0) is 13.0. The molecular weight excluding hydrogens is 251 g/mol. The van der Waals surface area contributed by atoms with Crippen LogP contribution in [-0.2, 0) is 5.75 Å². The molecule has 1 aromatic rings. The molecule has 98 valence electrons. The number of aromatic carboxylic acids is 1. The molecule has 1 saturated carbocycles. The van der Waals surface area contributed by atoms with Gasteiger partial charge in [-0.25, -0.2) is 9.18 Å². The molecule has 1 aliphatic carbocycles. The molecule has 1 aliphatic rings. The van der Waals surface area contributed by atoms with Crippen molar-refractivity contribution in [3.8, 4) is 0 Å². The fraction of sp³-hybridized carbons (Fsp3) is 0.500. The third kappa shape index (κ3) is 3.48. The predicted octanol–water partition coefficient (Wildman–Crippen LogP) is 4.09. The molecule has 0 saturated heterocycles. The second kappa shape index (κ2) is 6.23. The van der Waals surface area contributed by atoms with E-state index in [4.69, 9.17) is 5.11 Å². The third-order valence-electron chi connectivity index (χ3n) is 3.30.